The minimum atomic E-state index is -0.487. The highest BCUT2D eigenvalue weighted by molar-refractivity contribution is 6.00. The molecule has 0 saturated carbocycles. The molecule has 17 heavy (non-hydrogen) atoms. The Labute approximate surface area is 101 Å². The van der Waals surface area contributed by atoms with E-state index in [1.165, 1.54) is 6.92 Å². The monoisotopic (exact) mass is 231 g/mol. The van der Waals surface area contributed by atoms with Crippen molar-refractivity contribution >= 4 is 17.5 Å². The summed E-state index contributed by atoms with van der Waals surface area (Å²) in [6, 6.07) is 8.14. The zero-order valence-electron chi connectivity index (χ0n) is 9.99. The first-order valence-corrected chi connectivity index (χ1v) is 5.67. The molecule has 0 bridgehead atoms. The van der Waals surface area contributed by atoms with E-state index in [9.17, 15) is 9.59 Å². The van der Waals surface area contributed by atoms with Crippen LogP contribution in [-0.4, -0.2) is 24.4 Å². The number of hydrogen-bond donors (Lipinski definition) is 1. The molecule has 1 aliphatic heterocycles. The number of fused-ring (bicyclic) bond motifs is 1. The lowest BCUT2D eigenvalue weighted by molar-refractivity contribution is -0.126. The van der Waals surface area contributed by atoms with Gasteiger partial charge in [0.05, 0.1) is 0 Å². The highest BCUT2D eigenvalue weighted by Crippen LogP contribution is 2.27. The lowest BCUT2D eigenvalue weighted by Crippen LogP contribution is -2.45. The average Bonchev–Trinajstić information content (AvgIpc) is 2.70. The Hall–Kier alpha value is -1.84. The quantitative estimate of drug-likeness (QED) is 0.822. The number of hydrogen-bond acceptors (Lipinski definition) is 2. The molecular weight excluding hydrogens is 216 g/mol. The zero-order valence-corrected chi connectivity index (χ0v) is 9.99. The van der Waals surface area contributed by atoms with E-state index in [0.29, 0.717) is 6.54 Å². The van der Waals surface area contributed by atoms with Crippen LogP contribution in [0.2, 0.25) is 0 Å². The summed E-state index contributed by atoms with van der Waals surface area (Å²) in [4.78, 5) is 24.8. The van der Waals surface area contributed by atoms with Crippen LogP contribution in [0.25, 0.3) is 0 Å². The van der Waals surface area contributed by atoms with Crippen LogP contribution in [0.15, 0.2) is 18.2 Å². The summed E-state index contributed by atoms with van der Waals surface area (Å²) >= 11 is 0. The molecule has 1 aliphatic rings. The van der Waals surface area contributed by atoms with Gasteiger partial charge in [-0.05, 0) is 31.0 Å². The van der Waals surface area contributed by atoms with Crippen molar-refractivity contribution in [2.75, 3.05) is 11.4 Å². The van der Waals surface area contributed by atoms with Crippen LogP contribution in [0, 0.1) is 6.07 Å². The van der Waals surface area contributed by atoms with E-state index in [2.05, 4.69) is 11.4 Å². The van der Waals surface area contributed by atoms with E-state index in [0.717, 1.165) is 17.7 Å². The van der Waals surface area contributed by atoms with Gasteiger partial charge in [0.2, 0.25) is 11.8 Å². The van der Waals surface area contributed by atoms with Crippen LogP contribution in [0.5, 0.6) is 0 Å². The van der Waals surface area contributed by atoms with E-state index in [1.807, 2.05) is 18.2 Å². The molecular formula is C13H15N2O2. The normalized spacial score (nSPS) is 15.3. The maximum atomic E-state index is 12.1. The van der Waals surface area contributed by atoms with Crippen molar-refractivity contribution in [3.63, 3.8) is 0 Å². The number of anilines is 1. The zero-order chi connectivity index (χ0) is 12.4. The summed E-state index contributed by atoms with van der Waals surface area (Å²) in [5, 5.41) is 2.61. The molecule has 0 saturated heterocycles. The number of rotatable bonds is 2. The Morgan fingerprint density at radius 3 is 3.00 bits per heavy atom. The summed E-state index contributed by atoms with van der Waals surface area (Å²) in [5.41, 5.74) is 2.07. The van der Waals surface area contributed by atoms with Gasteiger partial charge in [0.25, 0.3) is 0 Å². The molecule has 0 spiro atoms. The van der Waals surface area contributed by atoms with E-state index in [-0.39, 0.29) is 11.8 Å². The molecule has 2 rings (SSSR count). The summed E-state index contributed by atoms with van der Waals surface area (Å²) < 4.78 is 0. The van der Waals surface area contributed by atoms with Crippen LogP contribution in [-0.2, 0) is 16.0 Å². The Bertz CT molecular complexity index is 456. The SMILES string of the molecule is CC(=O)N[C@@H](C)C(=O)N1CCc2cc[c]cc21. The summed E-state index contributed by atoms with van der Waals surface area (Å²) in [6.45, 7) is 3.79. The third-order valence-corrected chi connectivity index (χ3v) is 2.88. The largest absolute Gasteiger partial charge is 0.345 e. The molecule has 1 aromatic carbocycles. The van der Waals surface area contributed by atoms with Gasteiger partial charge in [-0.2, -0.15) is 0 Å². The lowest BCUT2D eigenvalue weighted by Gasteiger charge is -2.21. The predicted octanol–water partition coefficient (Wildman–Crippen LogP) is 0.900. The lowest BCUT2D eigenvalue weighted by atomic mass is 10.2. The average molecular weight is 231 g/mol. The van der Waals surface area contributed by atoms with Crippen molar-refractivity contribution in [2.24, 2.45) is 0 Å². The predicted molar refractivity (Wildman–Crippen MR) is 64.6 cm³/mol. The molecule has 1 heterocycles. The van der Waals surface area contributed by atoms with E-state index in [1.54, 1.807) is 11.8 Å². The molecule has 0 aliphatic carbocycles. The molecule has 4 heteroatoms. The van der Waals surface area contributed by atoms with Gasteiger partial charge < -0.3 is 10.2 Å². The number of nitrogens with one attached hydrogen (secondary N) is 1. The fourth-order valence-corrected chi connectivity index (χ4v) is 2.10. The smallest absolute Gasteiger partial charge is 0.249 e. The molecule has 4 nitrogen and oxygen atoms in total. The fraction of sp³-hybridized carbons (Fsp3) is 0.385. The van der Waals surface area contributed by atoms with Gasteiger partial charge in [-0.1, -0.05) is 12.1 Å². The first-order valence-electron chi connectivity index (χ1n) is 5.67. The van der Waals surface area contributed by atoms with E-state index >= 15 is 0 Å². The Balaban J connectivity index is 2.15. The second-order valence-electron chi connectivity index (χ2n) is 4.22. The van der Waals surface area contributed by atoms with Gasteiger partial charge >= 0.3 is 0 Å². The van der Waals surface area contributed by atoms with E-state index < -0.39 is 6.04 Å². The maximum absolute atomic E-state index is 12.1. The van der Waals surface area contributed by atoms with Gasteiger partial charge in [0, 0.05) is 19.2 Å². The van der Waals surface area contributed by atoms with Crippen LogP contribution in [0.1, 0.15) is 19.4 Å². The van der Waals surface area contributed by atoms with Gasteiger partial charge in [-0.3, -0.25) is 9.59 Å². The van der Waals surface area contributed by atoms with Crippen molar-refractivity contribution < 1.29 is 9.59 Å². The molecule has 89 valence electrons. The summed E-state index contributed by atoms with van der Waals surface area (Å²) in [6.07, 6.45) is 0.864. The molecule has 1 atom stereocenters. The molecule has 0 fully saturated rings. The first kappa shape index (κ1) is 11.6. The van der Waals surface area contributed by atoms with Crippen LogP contribution >= 0.6 is 0 Å². The fourth-order valence-electron chi connectivity index (χ4n) is 2.10. The van der Waals surface area contributed by atoms with Crippen molar-refractivity contribution in [2.45, 2.75) is 26.3 Å². The molecule has 1 N–H and O–H groups in total. The van der Waals surface area contributed by atoms with Crippen molar-refractivity contribution in [1.29, 1.82) is 0 Å². The van der Waals surface area contributed by atoms with Crippen LogP contribution in [0.4, 0.5) is 5.69 Å². The second-order valence-corrected chi connectivity index (χ2v) is 4.22. The van der Waals surface area contributed by atoms with Gasteiger partial charge in [-0.25, -0.2) is 0 Å². The highest BCUT2D eigenvalue weighted by atomic mass is 16.2. The summed E-state index contributed by atoms with van der Waals surface area (Å²) in [5.74, 6) is -0.261. The maximum Gasteiger partial charge on any atom is 0.249 e. The van der Waals surface area contributed by atoms with Crippen molar-refractivity contribution in [3.8, 4) is 0 Å². The standard InChI is InChI=1S/C13H15N2O2/c1-9(14-10(2)16)13(17)15-8-7-11-5-3-4-6-12(11)15/h3,5-6,9H,7-8H2,1-2H3,(H,14,16)/t9-/m0/s1. The van der Waals surface area contributed by atoms with Gasteiger partial charge in [0.15, 0.2) is 0 Å². The van der Waals surface area contributed by atoms with Gasteiger partial charge in [0.1, 0.15) is 6.04 Å². The molecule has 1 aromatic rings. The van der Waals surface area contributed by atoms with Gasteiger partial charge in [-0.15, -0.1) is 0 Å². The molecule has 2 amide bonds. The number of carbonyl (C=O) groups is 2. The Morgan fingerprint density at radius 1 is 1.53 bits per heavy atom. The van der Waals surface area contributed by atoms with Crippen LogP contribution in [0.3, 0.4) is 0 Å². The third-order valence-electron chi connectivity index (χ3n) is 2.88. The molecule has 1 radical (unpaired) electrons. The Morgan fingerprint density at radius 2 is 2.29 bits per heavy atom. The number of nitrogens with zero attached hydrogens (tertiary/aromatic N) is 1. The molecule has 0 unspecified atom stereocenters. The topological polar surface area (TPSA) is 49.4 Å². The van der Waals surface area contributed by atoms with Crippen molar-refractivity contribution in [1.82, 2.24) is 5.32 Å². The molecule has 0 aromatic heterocycles. The number of carbonyl (C=O) groups excluding carboxylic acids is 2. The number of amides is 2. The third kappa shape index (κ3) is 2.30. The second kappa shape index (κ2) is 4.57. The first-order chi connectivity index (χ1) is 8.09. The van der Waals surface area contributed by atoms with Crippen LogP contribution < -0.4 is 10.2 Å². The minimum absolute atomic E-state index is 0.0708. The minimum Gasteiger partial charge on any atom is -0.345 e. The van der Waals surface area contributed by atoms with Crippen molar-refractivity contribution in [3.05, 3.63) is 29.8 Å². The summed E-state index contributed by atoms with van der Waals surface area (Å²) in [7, 11) is 0. The Kier molecular flexibility index (Phi) is 3.13. The number of benzene rings is 1. The van der Waals surface area contributed by atoms with E-state index in [4.69, 9.17) is 0 Å². The highest BCUT2D eigenvalue weighted by Gasteiger charge is 2.27.